The third kappa shape index (κ3) is 6.81. The number of anilines is 1. The van der Waals surface area contributed by atoms with Crippen LogP contribution in [0.15, 0.2) is 91.0 Å². The quantitative estimate of drug-likeness (QED) is 0.179. The number of carbonyl (C=O) groups excluding carboxylic acids is 2. The molecule has 0 aliphatic carbocycles. The lowest BCUT2D eigenvalue weighted by Crippen LogP contribution is -2.56. The number of amides is 1. The number of hydrogen-bond acceptors (Lipinski definition) is 6. The normalized spacial score (nSPS) is 16.4. The van der Waals surface area contributed by atoms with E-state index in [1.54, 1.807) is 0 Å². The van der Waals surface area contributed by atoms with Crippen LogP contribution >= 0.6 is 0 Å². The molecule has 232 valence electrons. The minimum atomic E-state index is -0.739. The van der Waals surface area contributed by atoms with Crippen molar-refractivity contribution in [3.8, 4) is 6.07 Å². The first-order chi connectivity index (χ1) is 21.0. The molecule has 0 unspecified atom stereocenters. The van der Waals surface area contributed by atoms with Crippen molar-refractivity contribution in [2.24, 2.45) is 0 Å². The van der Waals surface area contributed by atoms with Crippen molar-refractivity contribution < 1.29 is 14.3 Å². The van der Waals surface area contributed by atoms with Crippen LogP contribution in [0.1, 0.15) is 64.0 Å². The van der Waals surface area contributed by atoms with Crippen LogP contribution in [0.5, 0.6) is 0 Å². The van der Waals surface area contributed by atoms with Crippen molar-refractivity contribution in [3.05, 3.63) is 102 Å². The van der Waals surface area contributed by atoms with E-state index in [4.69, 9.17) is 4.74 Å². The summed E-state index contributed by atoms with van der Waals surface area (Å²) in [4.78, 5) is 32.5. The summed E-state index contributed by atoms with van der Waals surface area (Å²) in [6.07, 6.45) is 4.00. The monoisotopic (exact) mass is 594 g/mol. The van der Waals surface area contributed by atoms with Gasteiger partial charge in [0.25, 0.3) is 0 Å². The fraction of sp³-hybridized carbons (Fsp3) is 0.432. The summed E-state index contributed by atoms with van der Waals surface area (Å²) >= 11 is 0. The Kier molecular flexibility index (Phi) is 11.2. The molecule has 5 rings (SSSR count). The van der Waals surface area contributed by atoms with Gasteiger partial charge in [0.1, 0.15) is 11.0 Å². The fourth-order valence-corrected chi connectivity index (χ4v) is 6.74. The van der Waals surface area contributed by atoms with E-state index in [1.807, 2.05) is 66.4 Å². The summed E-state index contributed by atoms with van der Waals surface area (Å²) < 4.78 is 5.06. The maximum Gasteiger partial charge on any atom is 0.305 e. The molecular weight excluding hydrogens is 548 g/mol. The first-order valence-corrected chi connectivity index (χ1v) is 15.5. The second-order valence-electron chi connectivity index (χ2n) is 11.6. The molecule has 2 aliphatic heterocycles. The van der Waals surface area contributed by atoms with E-state index in [9.17, 15) is 14.9 Å². The molecule has 0 atom stereocenters. The van der Waals surface area contributed by atoms with Crippen molar-refractivity contribution >= 4 is 17.6 Å². The maximum absolute atomic E-state index is 14.1. The Morgan fingerprint density at radius 1 is 0.886 bits per heavy atom. The Morgan fingerprint density at radius 2 is 1.45 bits per heavy atom. The van der Waals surface area contributed by atoms with Gasteiger partial charge in [-0.25, -0.2) is 0 Å². The summed E-state index contributed by atoms with van der Waals surface area (Å²) in [6.45, 7) is 5.74. The zero-order valence-corrected chi connectivity index (χ0v) is 25.2. The number of piperidine rings is 1. The average Bonchev–Trinajstić information content (AvgIpc) is 3.32. The van der Waals surface area contributed by atoms with Gasteiger partial charge < -0.3 is 19.4 Å². The highest BCUT2D eigenvalue weighted by molar-refractivity contribution is 5.93. The number of carbonyl (C=O) groups is 2. The Hall–Kier alpha value is -4.15. The molecule has 2 saturated heterocycles. The predicted molar refractivity (Wildman–Crippen MR) is 175 cm³/mol. The number of hydrogen-bond donors (Lipinski definition) is 0. The van der Waals surface area contributed by atoms with E-state index >= 15 is 0 Å². The summed E-state index contributed by atoms with van der Waals surface area (Å²) in [7, 11) is 0. The minimum Gasteiger partial charge on any atom is -0.466 e. The number of rotatable bonds is 12. The van der Waals surface area contributed by atoms with Crippen LogP contribution in [0, 0.1) is 11.3 Å². The highest BCUT2D eigenvalue weighted by Crippen LogP contribution is 2.41. The SMILES string of the molecule is C.CCOC(=O)CCCCN1CN(c2ccccc2)C2(CCN(CCC(C#N)(c3ccccc3)c3ccccc3)CC2)C1=O. The van der Waals surface area contributed by atoms with Gasteiger partial charge in [-0.15, -0.1) is 0 Å². The van der Waals surface area contributed by atoms with Crippen LogP contribution in [0.3, 0.4) is 0 Å². The van der Waals surface area contributed by atoms with E-state index < -0.39 is 11.0 Å². The van der Waals surface area contributed by atoms with Crippen LogP contribution in [-0.4, -0.2) is 66.7 Å². The Labute approximate surface area is 263 Å². The van der Waals surface area contributed by atoms with Gasteiger partial charge >= 0.3 is 5.97 Å². The molecule has 3 aromatic carbocycles. The number of unbranched alkanes of at least 4 members (excludes halogenated alkanes) is 1. The van der Waals surface area contributed by atoms with Gasteiger partial charge in [0.15, 0.2) is 0 Å². The van der Waals surface area contributed by atoms with Crippen LogP contribution in [0.4, 0.5) is 5.69 Å². The zero-order valence-electron chi connectivity index (χ0n) is 25.2. The van der Waals surface area contributed by atoms with Crippen LogP contribution < -0.4 is 4.90 Å². The van der Waals surface area contributed by atoms with E-state index in [2.05, 4.69) is 52.3 Å². The van der Waals surface area contributed by atoms with Gasteiger partial charge in [-0.05, 0) is 62.3 Å². The van der Waals surface area contributed by atoms with E-state index in [1.165, 1.54) is 0 Å². The van der Waals surface area contributed by atoms with Crippen LogP contribution in [-0.2, 0) is 19.7 Å². The van der Waals surface area contributed by atoms with Gasteiger partial charge in [-0.2, -0.15) is 5.26 Å². The lowest BCUT2D eigenvalue weighted by molar-refractivity contribution is -0.143. The number of benzene rings is 3. The highest BCUT2D eigenvalue weighted by atomic mass is 16.5. The Balaban J connectivity index is 0.00000442. The summed E-state index contributed by atoms with van der Waals surface area (Å²) in [5.41, 5.74) is 1.77. The summed E-state index contributed by atoms with van der Waals surface area (Å²) in [6, 6.07) is 33.1. The Bertz CT molecular complexity index is 1340. The second kappa shape index (κ2) is 15.0. The van der Waals surface area contributed by atoms with Crippen molar-refractivity contribution in [1.29, 1.82) is 5.26 Å². The zero-order chi connectivity index (χ0) is 30.1. The summed E-state index contributed by atoms with van der Waals surface area (Å²) in [5, 5.41) is 10.6. The molecule has 2 aliphatic rings. The van der Waals surface area contributed by atoms with Gasteiger partial charge in [0.05, 0.1) is 19.3 Å². The summed E-state index contributed by atoms with van der Waals surface area (Å²) in [5.74, 6) is 0.0111. The van der Waals surface area contributed by atoms with Crippen LogP contribution in [0.2, 0.25) is 0 Å². The molecule has 44 heavy (non-hydrogen) atoms. The molecule has 0 N–H and O–H groups in total. The van der Waals surface area contributed by atoms with Crippen molar-refractivity contribution in [3.63, 3.8) is 0 Å². The van der Waals surface area contributed by atoms with E-state index in [-0.39, 0.29) is 19.3 Å². The van der Waals surface area contributed by atoms with Crippen LogP contribution in [0.25, 0.3) is 0 Å². The third-order valence-corrected chi connectivity index (χ3v) is 9.16. The van der Waals surface area contributed by atoms with Gasteiger partial charge in [0, 0.05) is 38.3 Å². The van der Waals surface area contributed by atoms with Gasteiger partial charge in [-0.1, -0.05) is 86.3 Å². The lowest BCUT2D eigenvalue weighted by Gasteiger charge is -2.44. The third-order valence-electron chi connectivity index (χ3n) is 9.16. The van der Waals surface area contributed by atoms with Gasteiger partial charge in [-0.3, -0.25) is 9.59 Å². The first kappa shape index (κ1) is 32.8. The van der Waals surface area contributed by atoms with Crippen molar-refractivity contribution in [2.45, 2.75) is 63.8 Å². The number of likely N-dealkylation sites (tertiary alicyclic amines) is 1. The smallest absolute Gasteiger partial charge is 0.305 e. The molecule has 1 amide bonds. The molecule has 0 radical (unpaired) electrons. The number of nitrogens with zero attached hydrogens (tertiary/aromatic N) is 4. The molecule has 1 spiro atoms. The second-order valence-corrected chi connectivity index (χ2v) is 11.6. The lowest BCUT2D eigenvalue weighted by atomic mass is 9.73. The van der Waals surface area contributed by atoms with E-state index in [0.29, 0.717) is 39.1 Å². The minimum absolute atomic E-state index is 0. The number of ether oxygens (including phenoxy) is 1. The molecule has 7 heteroatoms. The maximum atomic E-state index is 14.1. The number of para-hydroxylation sites is 1. The first-order valence-electron chi connectivity index (χ1n) is 15.5. The highest BCUT2D eigenvalue weighted by Gasteiger charge is 2.53. The molecule has 0 bridgehead atoms. The predicted octanol–water partition coefficient (Wildman–Crippen LogP) is 6.40. The standard InChI is InChI=1S/C36H42N4O3.CH4/c1-2-43-33(41)20-12-13-24-39-29-40(32-18-10-5-11-19-32)36(34(39)42)22-26-38(27-23-36)25-21-35(28-37,30-14-6-3-7-15-30)31-16-8-4-9-17-31;/h3-11,14-19H,2,12-13,20-27,29H2,1H3;1H4. The van der Waals surface area contributed by atoms with E-state index in [0.717, 1.165) is 55.7 Å². The van der Waals surface area contributed by atoms with Crippen molar-refractivity contribution in [1.82, 2.24) is 9.80 Å². The molecule has 0 saturated carbocycles. The largest absolute Gasteiger partial charge is 0.466 e. The number of nitriles is 1. The molecule has 0 aromatic heterocycles. The average molecular weight is 595 g/mol. The Morgan fingerprint density at radius 3 is 2.00 bits per heavy atom. The fourth-order valence-electron chi connectivity index (χ4n) is 6.74. The molecule has 2 fully saturated rings. The molecule has 2 heterocycles. The molecular formula is C37H46N4O3. The van der Waals surface area contributed by atoms with Gasteiger partial charge in [0.2, 0.25) is 5.91 Å². The van der Waals surface area contributed by atoms with Crippen molar-refractivity contribution in [2.75, 3.05) is 44.4 Å². The number of esters is 1. The topological polar surface area (TPSA) is 76.9 Å². The molecule has 7 nitrogen and oxygen atoms in total. The molecule has 3 aromatic rings.